The highest BCUT2D eigenvalue weighted by atomic mass is 15.1. The molecule has 4 nitrogen and oxygen atoms in total. The second-order valence-corrected chi connectivity index (χ2v) is 10.7. The molecular formula is C37H24N4. The van der Waals surface area contributed by atoms with Crippen LogP contribution in [0, 0.1) is 0 Å². The van der Waals surface area contributed by atoms with Crippen LogP contribution in [0.2, 0.25) is 0 Å². The van der Waals surface area contributed by atoms with E-state index in [0.29, 0.717) is 0 Å². The Morgan fingerprint density at radius 1 is 0.561 bits per heavy atom. The fourth-order valence-electron chi connectivity index (χ4n) is 6.63. The van der Waals surface area contributed by atoms with Crippen LogP contribution in [0.3, 0.4) is 0 Å². The van der Waals surface area contributed by atoms with E-state index in [-0.39, 0.29) is 0 Å². The Labute approximate surface area is 236 Å². The molecule has 8 aromatic rings. The van der Waals surface area contributed by atoms with Gasteiger partial charge in [-0.1, -0.05) is 72.8 Å². The zero-order valence-electron chi connectivity index (χ0n) is 22.2. The maximum absolute atomic E-state index is 5.02. The molecular weight excluding hydrogens is 500 g/mol. The molecule has 5 aromatic carbocycles. The Bertz CT molecular complexity index is 2270. The third-order valence-corrected chi connectivity index (χ3v) is 8.42. The van der Waals surface area contributed by atoms with Gasteiger partial charge in [0.15, 0.2) is 0 Å². The number of imidazole rings is 1. The summed E-state index contributed by atoms with van der Waals surface area (Å²) in [7, 11) is 0. The zero-order chi connectivity index (χ0) is 26.9. The molecule has 0 fully saturated rings. The summed E-state index contributed by atoms with van der Waals surface area (Å²) in [5.74, 6) is 0.941. The van der Waals surface area contributed by atoms with Crippen LogP contribution < -0.4 is 0 Å². The minimum Gasteiger partial charge on any atom is -0.307 e. The standard InChI is InChI=1S/C37H24N4/c1-2-9-24(10-3-1)37-39-32-13-6-7-14-33(32)41(37)27-18-16-26(17-19-27)40-34-15-8-22-38-35(34)30-21-20-29-28-12-5-4-11-25(28)23-31(29)36(30)40/h1-22H,23H2. The van der Waals surface area contributed by atoms with E-state index in [2.05, 4.69) is 118 Å². The van der Waals surface area contributed by atoms with Crippen molar-refractivity contribution in [2.75, 3.05) is 0 Å². The maximum Gasteiger partial charge on any atom is 0.145 e. The number of aromatic nitrogens is 4. The highest BCUT2D eigenvalue weighted by Gasteiger charge is 2.25. The number of hydrogen-bond donors (Lipinski definition) is 0. The topological polar surface area (TPSA) is 35.6 Å². The van der Waals surface area contributed by atoms with Crippen molar-refractivity contribution >= 4 is 33.0 Å². The molecule has 9 rings (SSSR count). The molecule has 4 heteroatoms. The van der Waals surface area contributed by atoms with Crippen molar-refractivity contribution in [3.05, 3.63) is 145 Å². The molecule has 192 valence electrons. The van der Waals surface area contributed by atoms with E-state index in [4.69, 9.17) is 9.97 Å². The molecule has 0 saturated carbocycles. The summed E-state index contributed by atoms with van der Waals surface area (Å²) in [5.41, 5.74) is 14.2. The Kier molecular flexibility index (Phi) is 4.64. The lowest BCUT2D eigenvalue weighted by molar-refractivity contribution is 1.09. The lowest BCUT2D eigenvalue weighted by Crippen LogP contribution is -2.00. The summed E-state index contributed by atoms with van der Waals surface area (Å²) in [4.78, 5) is 9.86. The third-order valence-electron chi connectivity index (χ3n) is 8.42. The molecule has 0 amide bonds. The molecule has 0 N–H and O–H groups in total. The fraction of sp³-hybridized carbons (Fsp3) is 0.0270. The lowest BCUT2D eigenvalue weighted by Gasteiger charge is -2.13. The van der Waals surface area contributed by atoms with Gasteiger partial charge in [-0.15, -0.1) is 0 Å². The van der Waals surface area contributed by atoms with E-state index < -0.39 is 0 Å². The number of para-hydroxylation sites is 2. The van der Waals surface area contributed by atoms with Crippen molar-refractivity contribution in [1.82, 2.24) is 19.1 Å². The van der Waals surface area contributed by atoms with Gasteiger partial charge in [-0.25, -0.2) is 4.98 Å². The number of pyridine rings is 1. The minimum atomic E-state index is 0.929. The molecule has 0 aliphatic heterocycles. The number of hydrogen-bond acceptors (Lipinski definition) is 2. The van der Waals surface area contributed by atoms with Gasteiger partial charge in [-0.3, -0.25) is 9.55 Å². The van der Waals surface area contributed by atoms with Crippen LogP contribution in [-0.2, 0) is 6.42 Å². The second-order valence-electron chi connectivity index (χ2n) is 10.7. The molecule has 0 bridgehead atoms. The molecule has 0 spiro atoms. The Morgan fingerprint density at radius 3 is 2.17 bits per heavy atom. The van der Waals surface area contributed by atoms with E-state index in [1.54, 1.807) is 0 Å². The van der Waals surface area contributed by atoms with Crippen LogP contribution in [0.5, 0.6) is 0 Å². The van der Waals surface area contributed by atoms with E-state index in [1.165, 1.54) is 33.2 Å². The van der Waals surface area contributed by atoms with Crippen LogP contribution >= 0.6 is 0 Å². The van der Waals surface area contributed by atoms with E-state index >= 15 is 0 Å². The number of benzene rings is 5. The first-order valence-corrected chi connectivity index (χ1v) is 14.0. The first-order valence-electron chi connectivity index (χ1n) is 14.0. The predicted molar refractivity (Wildman–Crippen MR) is 167 cm³/mol. The molecule has 41 heavy (non-hydrogen) atoms. The van der Waals surface area contributed by atoms with Gasteiger partial charge in [0.05, 0.1) is 27.6 Å². The summed E-state index contributed by atoms with van der Waals surface area (Å²) >= 11 is 0. The molecule has 0 unspecified atom stereocenters. The van der Waals surface area contributed by atoms with Crippen molar-refractivity contribution in [1.29, 1.82) is 0 Å². The zero-order valence-corrected chi connectivity index (χ0v) is 22.2. The van der Waals surface area contributed by atoms with Gasteiger partial charge in [0, 0.05) is 34.9 Å². The van der Waals surface area contributed by atoms with Crippen molar-refractivity contribution in [2.24, 2.45) is 0 Å². The normalized spacial score (nSPS) is 12.3. The Hall–Kier alpha value is -5.48. The quantitative estimate of drug-likeness (QED) is 0.232. The van der Waals surface area contributed by atoms with Crippen LogP contribution in [0.15, 0.2) is 134 Å². The Balaban J connectivity index is 1.26. The summed E-state index contributed by atoms with van der Waals surface area (Å²) in [6.45, 7) is 0. The average Bonchev–Trinajstić information content (AvgIpc) is 3.71. The molecule has 0 saturated heterocycles. The average molecular weight is 525 g/mol. The molecule has 1 aliphatic rings. The number of fused-ring (bicyclic) bond motifs is 8. The van der Waals surface area contributed by atoms with E-state index in [1.807, 2.05) is 24.4 Å². The SMILES string of the molecule is c1ccc(-c2nc3ccccc3n2-c2ccc(-n3c4cccnc4c4ccc5c(c43)Cc3ccccc3-5)cc2)cc1. The van der Waals surface area contributed by atoms with Crippen LogP contribution in [-0.4, -0.2) is 19.1 Å². The van der Waals surface area contributed by atoms with Crippen LogP contribution in [0.1, 0.15) is 11.1 Å². The number of nitrogens with zero attached hydrogens (tertiary/aromatic N) is 4. The van der Waals surface area contributed by atoms with Gasteiger partial charge in [-0.05, 0) is 76.9 Å². The highest BCUT2D eigenvalue weighted by Crippen LogP contribution is 2.43. The van der Waals surface area contributed by atoms with E-state index in [0.717, 1.165) is 51.3 Å². The van der Waals surface area contributed by atoms with Gasteiger partial charge in [0.2, 0.25) is 0 Å². The summed E-state index contributed by atoms with van der Waals surface area (Å²) in [6, 6.07) is 45.1. The van der Waals surface area contributed by atoms with Gasteiger partial charge in [-0.2, -0.15) is 0 Å². The van der Waals surface area contributed by atoms with Crippen molar-refractivity contribution in [2.45, 2.75) is 6.42 Å². The molecule has 3 heterocycles. The molecule has 0 atom stereocenters. The van der Waals surface area contributed by atoms with Gasteiger partial charge in [0.25, 0.3) is 0 Å². The smallest absolute Gasteiger partial charge is 0.145 e. The van der Waals surface area contributed by atoms with Gasteiger partial charge >= 0.3 is 0 Å². The summed E-state index contributed by atoms with van der Waals surface area (Å²) < 4.78 is 4.66. The van der Waals surface area contributed by atoms with Gasteiger partial charge < -0.3 is 4.57 Å². The molecule has 0 radical (unpaired) electrons. The third kappa shape index (κ3) is 3.22. The second kappa shape index (κ2) is 8.51. The first-order chi connectivity index (χ1) is 20.3. The van der Waals surface area contributed by atoms with Crippen molar-refractivity contribution in [3.63, 3.8) is 0 Å². The molecule has 1 aliphatic carbocycles. The number of rotatable bonds is 3. The van der Waals surface area contributed by atoms with Crippen molar-refractivity contribution in [3.8, 4) is 33.9 Å². The lowest BCUT2D eigenvalue weighted by atomic mass is 10.0. The predicted octanol–water partition coefficient (Wildman–Crippen LogP) is 8.76. The summed E-state index contributed by atoms with van der Waals surface area (Å²) in [6.07, 6.45) is 2.82. The monoisotopic (exact) mass is 524 g/mol. The van der Waals surface area contributed by atoms with Crippen LogP contribution in [0.25, 0.3) is 66.9 Å². The fourth-order valence-corrected chi connectivity index (χ4v) is 6.63. The maximum atomic E-state index is 5.02. The first kappa shape index (κ1) is 22.3. The Morgan fingerprint density at radius 2 is 1.29 bits per heavy atom. The van der Waals surface area contributed by atoms with Crippen molar-refractivity contribution < 1.29 is 0 Å². The minimum absolute atomic E-state index is 0.929. The van der Waals surface area contributed by atoms with Crippen LogP contribution in [0.4, 0.5) is 0 Å². The molecule has 3 aromatic heterocycles. The van der Waals surface area contributed by atoms with Gasteiger partial charge in [0.1, 0.15) is 5.82 Å². The summed E-state index contributed by atoms with van der Waals surface area (Å²) in [5, 5.41) is 1.20. The highest BCUT2D eigenvalue weighted by molar-refractivity contribution is 6.10. The van der Waals surface area contributed by atoms with E-state index in [9.17, 15) is 0 Å². The largest absolute Gasteiger partial charge is 0.307 e.